The molecule has 0 aromatic carbocycles. The Morgan fingerprint density at radius 2 is 1.76 bits per heavy atom. The number of rotatable bonds is 2. The van der Waals surface area contributed by atoms with E-state index in [0.717, 1.165) is 0 Å². The van der Waals surface area contributed by atoms with Crippen molar-refractivity contribution in [3.05, 3.63) is 45.5 Å². The van der Waals surface area contributed by atoms with E-state index in [0.29, 0.717) is 0 Å². The molecule has 3 heteroatoms. The quantitative estimate of drug-likeness (QED) is 0.553. The molecule has 0 spiro atoms. The fourth-order valence-electron chi connectivity index (χ4n) is 1.87. The third-order valence-corrected chi connectivity index (χ3v) is 5.74. The highest BCUT2D eigenvalue weighted by Crippen LogP contribution is 2.43. The molecule has 0 saturated carbocycles. The predicted octanol–water partition coefficient (Wildman–Crippen LogP) is 5.82. The van der Waals surface area contributed by atoms with Crippen molar-refractivity contribution < 1.29 is 0 Å². The fourth-order valence-corrected chi connectivity index (χ4v) is 4.72. The molecular weight excluding hydrogens is 264 g/mol. The number of aryl methyl sites for hydroxylation is 2. The van der Waals surface area contributed by atoms with Crippen LogP contribution in [0.25, 0.3) is 20.2 Å². The van der Waals surface area contributed by atoms with Gasteiger partial charge in [0, 0.05) is 25.1 Å². The summed E-state index contributed by atoms with van der Waals surface area (Å²) >= 11 is 5.59. The standard InChI is InChI=1S/C14H12S3/c1-9-5-6-12(16-9)11-8-10(2)17-14(11)13-4-3-7-15-13/h3-8H,1-2H3. The molecule has 0 aliphatic carbocycles. The van der Waals surface area contributed by atoms with Gasteiger partial charge in [0.1, 0.15) is 0 Å². The molecule has 0 N–H and O–H groups in total. The SMILES string of the molecule is Cc1ccc(-c2cc(C)sc2-c2cccs2)s1. The van der Waals surface area contributed by atoms with Gasteiger partial charge in [-0.15, -0.1) is 34.0 Å². The zero-order valence-electron chi connectivity index (χ0n) is 9.69. The van der Waals surface area contributed by atoms with Gasteiger partial charge in [0.25, 0.3) is 0 Å². The lowest BCUT2D eigenvalue weighted by molar-refractivity contribution is 1.63. The van der Waals surface area contributed by atoms with Crippen molar-refractivity contribution in [1.82, 2.24) is 0 Å². The largest absolute Gasteiger partial charge is 0.143 e. The highest BCUT2D eigenvalue weighted by atomic mass is 32.1. The Kier molecular flexibility index (Phi) is 2.90. The van der Waals surface area contributed by atoms with Crippen molar-refractivity contribution in [3.63, 3.8) is 0 Å². The van der Waals surface area contributed by atoms with Crippen LogP contribution in [-0.4, -0.2) is 0 Å². The first-order valence-corrected chi connectivity index (χ1v) is 7.96. The summed E-state index contributed by atoms with van der Waals surface area (Å²) < 4.78 is 0. The first-order chi connectivity index (χ1) is 8.24. The molecule has 3 aromatic rings. The lowest BCUT2D eigenvalue weighted by atomic mass is 10.2. The molecule has 0 unspecified atom stereocenters. The Balaban J connectivity index is 2.17. The average Bonchev–Trinajstić information content (AvgIpc) is 2.96. The van der Waals surface area contributed by atoms with Crippen LogP contribution in [0.4, 0.5) is 0 Å². The topological polar surface area (TPSA) is 0 Å². The molecule has 0 aliphatic heterocycles. The normalized spacial score (nSPS) is 10.9. The number of thiophene rings is 3. The van der Waals surface area contributed by atoms with Crippen LogP contribution in [-0.2, 0) is 0 Å². The van der Waals surface area contributed by atoms with E-state index in [1.54, 1.807) is 0 Å². The Morgan fingerprint density at radius 3 is 2.41 bits per heavy atom. The van der Waals surface area contributed by atoms with Crippen molar-refractivity contribution in [2.24, 2.45) is 0 Å². The minimum Gasteiger partial charge on any atom is -0.143 e. The molecule has 0 nitrogen and oxygen atoms in total. The molecule has 3 aromatic heterocycles. The van der Waals surface area contributed by atoms with Gasteiger partial charge in [0.05, 0.1) is 4.88 Å². The Labute approximate surface area is 113 Å². The fraction of sp³-hybridized carbons (Fsp3) is 0.143. The highest BCUT2D eigenvalue weighted by Gasteiger charge is 2.13. The lowest BCUT2D eigenvalue weighted by Crippen LogP contribution is -1.69. The smallest absolute Gasteiger partial charge is 0.0531 e. The summed E-state index contributed by atoms with van der Waals surface area (Å²) in [6, 6.07) is 11.1. The molecule has 3 heterocycles. The van der Waals surface area contributed by atoms with E-state index in [4.69, 9.17) is 0 Å². The van der Waals surface area contributed by atoms with Crippen LogP contribution in [0.2, 0.25) is 0 Å². The van der Waals surface area contributed by atoms with E-state index >= 15 is 0 Å². The molecule has 86 valence electrons. The molecule has 0 aliphatic rings. The molecule has 3 rings (SSSR count). The second kappa shape index (κ2) is 4.41. The third-order valence-electron chi connectivity index (χ3n) is 2.61. The van der Waals surface area contributed by atoms with E-state index in [9.17, 15) is 0 Å². The van der Waals surface area contributed by atoms with Crippen molar-refractivity contribution in [3.8, 4) is 20.2 Å². The summed E-state index contributed by atoms with van der Waals surface area (Å²) in [6.45, 7) is 4.35. The first-order valence-electron chi connectivity index (χ1n) is 5.45. The Morgan fingerprint density at radius 1 is 0.882 bits per heavy atom. The van der Waals surface area contributed by atoms with Crippen LogP contribution >= 0.6 is 34.0 Å². The molecule has 17 heavy (non-hydrogen) atoms. The molecular formula is C14H12S3. The van der Waals surface area contributed by atoms with Crippen LogP contribution in [0.15, 0.2) is 35.7 Å². The van der Waals surface area contributed by atoms with E-state index < -0.39 is 0 Å². The molecule has 0 radical (unpaired) electrons. The van der Waals surface area contributed by atoms with Crippen molar-refractivity contribution in [2.45, 2.75) is 13.8 Å². The van der Waals surface area contributed by atoms with Gasteiger partial charge < -0.3 is 0 Å². The van der Waals surface area contributed by atoms with Crippen LogP contribution in [0.5, 0.6) is 0 Å². The maximum atomic E-state index is 2.31. The highest BCUT2D eigenvalue weighted by molar-refractivity contribution is 7.22. The summed E-state index contributed by atoms with van der Waals surface area (Å²) in [6.07, 6.45) is 0. The van der Waals surface area contributed by atoms with Crippen molar-refractivity contribution in [2.75, 3.05) is 0 Å². The van der Waals surface area contributed by atoms with Gasteiger partial charge in [-0.3, -0.25) is 0 Å². The maximum Gasteiger partial charge on any atom is 0.0531 e. The summed E-state index contributed by atoms with van der Waals surface area (Å²) in [5, 5.41) is 2.15. The Bertz CT molecular complexity index is 626. The zero-order chi connectivity index (χ0) is 11.8. The van der Waals surface area contributed by atoms with E-state index in [2.05, 4.69) is 49.6 Å². The van der Waals surface area contributed by atoms with E-state index in [-0.39, 0.29) is 0 Å². The minimum atomic E-state index is 1.38. The van der Waals surface area contributed by atoms with E-state index in [1.807, 2.05) is 34.0 Å². The van der Waals surface area contributed by atoms with Crippen molar-refractivity contribution in [1.29, 1.82) is 0 Å². The van der Waals surface area contributed by atoms with Crippen LogP contribution in [0.3, 0.4) is 0 Å². The number of hydrogen-bond acceptors (Lipinski definition) is 3. The van der Waals surface area contributed by atoms with Crippen molar-refractivity contribution >= 4 is 34.0 Å². The summed E-state index contributed by atoms with van der Waals surface area (Å²) in [5.41, 5.74) is 1.40. The van der Waals surface area contributed by atoms with E-state index in [1.165, 1.54) is 29.9 Å². The summed E-state index contributed by atoms with van der Waals surface area (Å²) in [7, 11) is 0. The van der Waals surface area contributed by atoms with Crippen LogP contribution in [0, 0.1) is 13.8 Å². The average molecular weight is 276 g/mol. The monoisotopic (exact) mass is 276 g/mol. The maximum absolute atomic E-state index is 2.31. The number of hydrogen-bond donors (Lipinski definition) is 0. The van der Waals surface area contributed by atoms with Gasteiger partial charge in [-0.2, -0.15) is 0 Å². The summed E-state index contributed by atoms with van der Waals surface area (Å²) in [4.78, 5) is 6.94. The van der Waals surface area contributed by atoms with Gasteiger partial charge in [0.2, 0.25) is 0 Å². The van der Waals surface area contributed by atoms with Crippen LogP contribution < -0.4 is 0 Å². The molecule has 0 fully saturated rings. The Hall–Kier alpha value is -0.900. The van der Waals surface area contributed by atoms with Gasteiger partial charge in [0.15, 0.2) is 0 Å². The van der Waals surface area contributed by atoms with Crippen LogP contribution in [0.1, 0.15) is 9.75 Å². The lowest BCUT2D eigenvalue weighted by Gasteiger charge is -1.97. The molecule has 0 atom stereocenters. The second-order valence-electron chi connectivity index (χ2n) is 3.99. The molecule has 0 amide bonds. The van der Waals surface area contributed by atoms with Gasteiger partial charge in [-0.05, 0) is 43.5 Å². The third kappa shape index (κ3) is 2.10. The predicted molar refractivity (Wildman–Crippen MR) is 80.4 cm³/mol. The summed E-state index contributed by atoms with van der Waals surface area (Å²) in [5.74, 6) is 0. The first kappa shape index (κ1) is 11.2. The van der Waals surface area contributed by atoms with Gasteiger partial charge in [-0.25, -0.2) is 0 Å². The minimum absolute atomic E-state index is 1.38. The van der Waals surface area contributed by atoms with Gasteiger partial charge in [-0.1, -0.05) is 6.07 Å². The van der Waals surface area contributed by atoms with Gasteiger partial charge >= 0.3 is 0 Å². The molecule has 0 saturated heterocycles. The molecule has 0 bridgehead atoms. The zero-order valence-corrected chi connectivity index (χ0v) is 12.1. The second-order valence-corrected chi connectivity index (χ2v) is 7.48.